The molecule has 3 heterocycles. The highest BCUT2D eigenvalue weighted by atomic mass is 16.1. The van der Waals surface area contributed by atoms with Crippen LogP contribution in [0.2, 0.25) is 0 Å². The Morgan fingerprint density at radius 3 is 3.15 bits per heavy atom. The molecule has 1 saturated heterocycles. The van der Waals surface area contributed by atoms with E-state index in [9.17, 15) is 4.79 Å². The molecule has 106 valence electrons. The lowest BCUT2D eigenvalue weighted by Crippen LogP contribution is -2.43. The van der Waals surface area contributed by atoms with Crippen molar-refractivity contribution in [3.8, 4) is 0 Å². The Kier molecular flexibility index (Phi) is 3.78. The van der Waals surface area contributed by atoms with Crippen LogP contribution in [-0.4, -0.2) is 38.6 Å². The highest BCUT2D eigenvalue weighted by Gasteiger charge is 2.21. The van der Waals surface area contributed by atoms with Gasteiger partial charge in [-0.05, 0) is 32.0 Å². The zero-order chi connectivity index (χ0) is 13.9. The van der Waals surface area contributed by atoms with E-state index in [-0.39, 0.29) is 5.56 Å². The third-order valence-corrected chi connectivity index (χ3v) is 4.19. The van der Waals surface area contributed by atoms with Crippen molar-refractivity contribution in [2.24, 2.45) is 0 Å². The minimum absolute atomic E-state index is 0.0408. The minimum atomic E-state index is 0.0408. The van der Waals surface area contributed by atoms with Gasteiger partial charge in [-0.25, -0.2) is 4.98 Å². The molecule has 1 unspecified atom stereocenters. The molecule has 0 bridgehead atoms. The normalized spacial score (nSPS) is 20.4. The van der Waals surface area contributed by atoms with Crippen LogP contribution in [0.5, 0.6) is 0 Å². The van der Waals surface area contributed by atoms with Crippen molar-refractivity contribution in [1.29, 1.82) is 0 Å². The summed E-state index contributed by atoms with van der Waals surface area (Å²) in [5, 5.41) is 0.654. The lowest BCUT2D eigenvalue weighted by atomic mass is 10.0. The van der Waals surface area contributed by atoms with Crippen molar-refractivity contribution in [3.05, 3.63) is 35.1 Å². The van der Waals surface area contributed by atoms with Crippen LogP contribution in [0.1, 0.15) is 26.2 Å². The molecule has 1 fully saturated rings. The van der Waals surface area contributed by atoms with Gasteiger partial charge in [0.05, 0.1) is 23.4 Å². The van der Waals surface area contributed by atoms with Gasteiger partial charge in [0.15, 0.2) is 0 Å². The molecule has 0 spiro atoms. The lowest BCUT2D eigenvalue weighted by molar-refractivity contribution is 0.139. The van der Waals surface area contributed by atoms with Gasteiger partial charge in [-0.1, -0.05) is 13.3 Å². The van der Waals surface area contributed by atoms with E-state index in [1.54, 1.807) is 29.4 Å². The number of fused-ring (bicyclic) bond motifs is 1. The molecule has 20 heavy (non-hydrogen) atoms. The van der Waals surface area contributed by atoms with Crippen LogP contribution in [0.3, 0.4) is 0 Å². The average molecular weight is 272 g/mol. The summed E-state index contributed by atoms with van der Waals surface area (Å²) < 4.78 is 1.75. The monoisotopic (exact) mass is 272 g/mol. The quantitative estimate of drug-likeness (QED) is 0.853. The van der Waals surface area contributed by atoms with E-state index in [4.69, 9.17) is 0 Å². The second kappa shape index (κ2) is 5.71. The molecule has 0 amide bonds. The molecule has 0 radical (unpaired) electrons. The summed E-state index contributed by atoms with van der Waals surface area (Å²) in [5.41, 5.74) is 0.712. The largest absolute Gasteiger partial charge is 0.299 e. The molecule has 5 nitrogen and oxygen atoms in total. The Morgan fingerprint density at radius 1 is 1.40 bits per heavy atom. The van der Waals surface area contributed by atoms with E-state index >= 15 is 0 Å². The SMILES string of the molecule is CCN1CCCCC1Cn1cnc2cnccc2c1=O. The molecule has 0 N–H and O–H groups in total. The van der Waals surface area contributed by atoms with Gasteiger partial charge in [0, 0.05) is 18.8 Å². The van der Waals surface area contributed by atoms with Crippen LogP contribution in [-0.2, 0) is 6.54 Å². The van der Waals surface area contributed by atoms with E-state index in [0.29, 0.717) is 16.9 Å². The minimum Gasteiger partial charge on any atom is -0.299 e. The van der Waals surface area contributed by atoms with Crippen LogP contribution in [0.15, 0.2) is 29.6 Å². The number of hydrogen-bond acceptors (Lipinski definition) is 4. The Hall–Kier alpha value is -1.75. The summed E-state index contributed by atoms with van der Waals surface area (Å²) in [7, 11) is 0. The van der Waals surface area contributed by atoms with Crippen LogP contribution >= 0.6 is 0 Å². The first kappa shape index (κ1) is 13.2. The zero-order valence-corrected chi connectivity index (χ0v) is 11.8. The molecule has 0 aromatic carbocycles. The van der Waals surface area contributed by atoms with E-state index < -0.39 is 0 Å². The fraction of sp³-hybridized carbons (Fsp3) is 0.533. The number of rotatable bonds is 3. The Bertz CT molecular complexity index is 652. The second-order valence-corrected chi connectivity index (χ2v) is 5.37. The predicted octanol–water partition coefficient (Wildman–Crippen LogP) is 1.67. The number of hydrogen-bond donors (Lipinski definition) is 0. The number of likely N-dealkylation sites (tertiary alicyclic amines) is 1. The van der Waals surface area contributed by atoms with E-state index in [1.807, 2.05) is 0 Å². The number of aromatic nitrogens is 3. The third kappa shape index (κ3) is 2.45. The molecular weight excluding hydrogens is 252 g/mol. The highest BCUT2D eigenvalue weighted by molar-refractivity contribution is 5.75. The van der Waals surface area contributed by atoms with Gasteiger partial charge in [-0.3, -0.25) is 19.2 Å². The number of piperidine rings is 1. The lowest BCUT2D eigenvalue weighted by Gasteiger charge is -2.35. The first-order valence-corrected chi connectivity index (χ1v) is 7.33. The maximum atomic E-state index is 12.5. The van der Waals surface area contributed by atoms with E-state index in [1.165, 1.54) is 12.8 Å². The third-order valence-electron chi connectivity index (χ3n) is 4.19. The van der Waals surface area contributed by atoms with Crippen molar-refractivity contribution in [3.63, 3.8) is 0 Å². The summed E-state index contributed by atoms with van der Waals surface area (Å²) in [6.07, 6.45) is 8.62. The zero-order valence-electron chi connectivity index (χ0n) is 11.8. The van der Waals surface area contributed by atoms with Gasteiger partial charge in [-0.15, -0.1) is 0 Å². The number of likely N-dealkylation sites (N-methyl/N-ethyl adjacent to an activating group) is 1. The summed E-state index contributed by atoms with van der Waals surface area (Å²) in [5.74, 6) is 0. The second-order valence-electron chi connectivity index (χ2n) is 5.37. The first-order valence-electron chi connectivity index (χ1n) is 7.33. The van der Waals surface area contributed by atoms with Gasteiger partial charge in [0.2, 0.25) is 0 Å². The standard InChI is InChI=1S/C15H20N4O/c1-2-18-8-4-3-5-12(18)10-19-11-17-14-9-16-7-6-13(14)15(19)20/h6-7,9,11-12H,2-5,8,10H2,1H3. The molecule has 1 aliphatic rings. The van der Waals surface area contributed by atoms with Crippen molar-refractivity contribution in [1.82, 2.24) is 19.4 Å². The molecular formula is C15H20N4O. The topological polar surface area (TPSA) is 51.0 Å². The molecule has 0 saturated carbocycles. The number of pyridine rings is 1. The van der Waals surface area contributed by atoms with E-state index in [2.05, 4.69) is 21.8 Å². The molecule has 2 aromatic heterocycles. The summed E-state index contributed by atoms with van der Waals surface area (Å²) in [6.45, 7) is 5.11. The van der Waals surface area contributed by atoms with Crippen LogP contribution in [0.25, 0.3) is 10.9 Å². The summed E-state index contributed by atoms with van der Waals surface area (Å²) >= 11 is 0. The molecule has 0 aliphatic carbocycles. The Morgan fingerprint density at radius 2 is 2.30 bits per heavy atom. The van der Waals surface area contributed by atoms with Gasteiger partial charge in [0.25, 0.3) is 5.56 Å². The maximum Gasteiger partial charge on any atom is 0.261 e. The Balaban J connectivity index is 1.90. The van der Waals surface area contributed by atoms with Crippen molar-refractivity contribution in [2.75, 3.05) is 13.1 Å². The molecule has 3 rings (SSSR count). The molecule has 1 atom stereocenters. The van der Waals surface area contributed by atoms with Crippen LogP contribution in [0.4, 0.5) is 0 Å². The van der Waals surface area contributed by atoms with Gasteiger partial charge < -0.3 is 0 Å². The van der Waals surface area contributed by atoms with Gasteiger partial charge in [0.1, 0.15) is 0 Å². The van der Waals surface area contributed by atoms with Gasteiger partial charge in [-0.2, -0.15) is 0 Å². The van der Waals surface area contributed by atoms with Crippen LogP contribution < -0.4 is 5.56 Å². The summed E-state index contributed by atoms with van der Waals surface area (Å²) in [4.78, 5) is 23.3. The smallest absolute Gasteiger partial charge is 0.261 e. The highest BCUT2D eigenvalue weighted by Crippen LogP contribution is 2.17. The summed E-state index contributed by atoms with van der Waals surface area (Å²) in [6, 6.07) is 2.20. The van der Waals surface area contributed by atoms with Crippen molar-refractivity contribution < 1.29 is 0 Å². The first-order chi connectivity index (χ1) is 9.79. The predicted molar refractivity (Wildman–Crippen MR) is 78.7 cm³/mol. The maximum absolute atomic E-state index is 12.5. The average Bonchev–Trinajstić information content (AvgIpc) is 2.51. The fourth-order valence-corrected chi connectivity index (χ4v) is 3.05. The van der Waals surface area contributed by atoms with Gasteiger partial charge >= 0.3 is 0 Å². The fourth-order valence-electron chi connectivity index (χ4n) is 3.05. The number of nitrogens with zero attached hydrogens (tertiary/aromatic N) is 4. The van der Waals surface area contributed by atoms with E-state index in [0.717, 1.165) is 26.1 Å². The van der Waals surface area contributed by atoms with Crippen molar-refractivity contribution >= 4 is 10.9 Å². The molecule has 1 aliphatic heterocycles. The molecule has 2 aromatic rings. The Labute approximate surface area is 118 Å². The van der Waals surface area contributed by atoms with Crippen LogP contribution in [0, 0.1) is 0 Å². The van der Waals surface area contributed by atoms with Crippen molar-refractivity contribution in [2.45, 2.75) is 38.8 Å². The molecule has 5 heteroatoms.